The third kappa shape index (κ3) is 8.24. The standard InChI is InChI=1S/C20H24Cl2N4O.HI/c1-2-24-20(26-13-14-5-7-16(8-6-14)19(23)27)25-11-3-4-15-9-10-17(21)12-18(15)22;/h5-10,12H,2-4,11,13H2,1H3,(H2,23,27)(H2,24,25,26);1H. The highest BCUT2D eigenvalue weighted by molar-refractivity contribution is 14.0. The Morgan fingerprint density at radius 3 is 2.43 bits per heavy atom. The summed E-state index contributed by atoms with van der Waals surface area (Å²) in [6.45, 7) is 4.07. The van der Waals surface area contributed by atoms with Crippen LogP contribution >= 0.6 is 47.2 Å². The molecule has 1 amide bonds. The molecule has 0 aliphatic rings. The summed E-state index contributed by atoms with van der Waals surface area (Å²) in [5.74, 6) is 0.319. The van der Waals surface area contributed by atoms with E-state index in [0.717, 1.165) is 43.0 Å². The van der Waals surface area contributed by atoms with Gasteiger partial charge in [0.1, 0.15) is 0 Å². The predicted molar refractivity (Wildman–Crippen MR) is 128 cm³/mol. The molecule has 0 radical (unpaired) electrons. The van der Waals surface area contributed by atoms with Crippen molar-refractivity contribution in [3.8, 4) is 0 Å². The average molecular weight is 535 g/mol. The predicted octanol–water partition coefficient (Wildman–Crippen LogP) is 4.40. The summed E-state index contributed by atoms with van der Waals surface area (Å²) in [7, 11) is 0. The molecule has 0 saturated heterocycles. The quantitative estimate of drug-likeness (QED) is 0.203. The molecule has 0 saturated carbocycles. The zero-order chi connectivity index (χ0) is 19.6. The Labute approximate surface area is 193 Å². The van der Waals surface area contributed by atoms with Gasteiger partial charge in [-0.05, 0) is 55.2 Å². The van der Waals surface area contributed by atoms with Gasteiger partial charge >= 0.3 is 0 Å². The fraction of sp³-hybridized carbons (Fsp3) is 0.300. The van der Waals surface area contributed by atoms with Crippen molar-refractivity contribution in [2.75, 3.05) is 13.1 Å². The molecule has 0 aliphatic heterocycles. The summed E-state index contributed by atoms with van der Waals surface area (Å²) in [5.41, 5.74) is 7.83. The lowest BCUT2D eigenvalue weighted by Gasteiger charge is -2.12. The number of nitrogens with two attached hydrogens (primary N) is 1. The van der Waals surface area contributed by atoms with Crippen LogP contribution in [0.25, 0.3) is 0 Å². The molecule has 152 valence electrons. The van der Waals surface area contributed by atoms with Crippen molar-refractivity contribution < 1.29 is 4.79 Å². The van der Waals surface area contributed by atoms with Gasteiger partial charge in [0.25, 0.3) is 0 Å². The van der Waals surface area contributed by atoms with Crippen molar-refractivity contribution in [3.63, 3.8) is 0 Å². The molecule has 28 heavy (non-hydrogen) atoms. The number of amides is 1. The number of guanidine groups is 1. The molecule has 0 aromatic heterocycles. The van der Waals surface area contributed by atoms with Crippen molar-refractivity contribution in [3.05, 3.63) is 69.2 Å². The number of rotatable bonds is 8. The molecular weight excluding hydrogens is 510 g/mol. The molecule has 2 rings (SSSR count). The van der Waals surface area contributed by atoms with Crippen molar-refractivity contribution in [2.45, 2.75) is 26.3 Å². The number of nitrogens with one attached hydrogen (secondary N) is 2. The van der Waals surface area contributed by atoms with Crippen LogP contribution in [0.2, 0.25) is 10.0 Å². The molecule has 0 atom stereocenters. The lowest BCUT2D eigenvalue weighted by atomic mass is 10.1. The van der Waals surface area contributed by atoms with Gasteiger partial charge in [-0.25, -0.2) is 4.99 Å². The van der Waals surface area contributed by atoms with Gasteiger partial charge in [-0.1, -0.05) is 41.4 Å². The highest BCUT2D eigenvalue weighted by Crippen LogP contribution is 2.21. The monoisotopic (exact) mass is 534 g/mol. The Bertz CT molecular complexity index is 797. The van der Waals surface area contributed by atoms with Crippen molar-refractivity contribution >= 4 is 59.0 Å². The van der Waals surface area contributed by atoms with E-state index in [2.05, 4.69) is 15.6 Å². The summed E-state index contributed by atoms with van der Waals surface area (Å²) >= 11 is 12.1. The topological polar surface area (TPSA) is 79.5 Å². The van der Waals surface area contributed by atoms with Crippen molar-refractivity contribution in [2.24, 2.45) is 10.7 Å². The van der Waals surface area contributed by atoms with Gasteiger partial charge < -0.3 is 16.4 Å². The second-order valence-corrected chi connectivity index (χ2v) is 6.87. The zero-order valence-corrected chi connectivity index (χ0v) is 19.5. The maximum atomic E-state index is 11.1. The first-order chi connectivity index (χ1) is 13.0. The third-order valence-corrected chi connectivity index (χ3v) is 4.52. The number of aliphatic imine (C=N–C) groups is 1. The van der Waals surface area contributed by atoms with E-state index >= 15 is 0 Å². The number of carbonyl (C=O) groups is 1. The molecule has 0 unspecified atom stereocenters. The summed E-state index contributed by atoms with van der Waals surface area (Å²) in [6.07, 6.45) is 1.77. The molecular formula is C20H25Cl2IN4O. The van der Waals surface area contributed by atoms with E-state index in [4.69, 9.17) is 28.9 Å². The van der Waals surface area contributed by atoms with Crippen LogP contribution in [0.4, 0.5) is 0 Å². The van der Waals surface area contributed by atoms with Crippen LogP contribution in [-0.2, 0) is 13.0 Å². The molecule has 0 spiro atoms. The summed E-state index contributed by atoms with van der Waals surface area (Å²) in [4.78, 5) is 15.7. The number of benzene rings is 2. The van der Waals surface area contributed by atoms with E-state index in [1.165, 1.54) is 0 Å². The Hall–Kier alpha value is -1.51. The third-order valence-electron chi connectivity index (χ3n) is 3.93. The summed E-state index contributed by atoms with van der Waals surface area (Å²) in [6, 6.07) is 12.7. The lowest BCUT2D eigenvalue weighted by Crippen LogP contribution is -2.37. The van der Waals surface area contributed by atoms with Crippen LogP contribution in [0.3, 0.4) is 0 Å². The number of primary amides is 1. The maximum Gasteiger partial charge on any atom is 0.248 e. The molecule has 0 aliphatic carbocycles. The lowest BCUT2D eigenvalue weighted by molar-refractivity contribution is 0.100. The van der Waals surface area contributed by atoms with E-state index in [0.29, 0.717) is 22.2 Å². The van der Waals surface area contributed by atoms with Crippen LogP contribution < -0.4 is 16.4 Å². The fourth-order valence-corrected chi connectivity index (χ4v) is 3.00. The molecule has 0 heterocycles. The second kappa shape index (κ2) is 12.9. The first kappa shape index (κ1) is 24.5. The number of aryl methyl sites for hydroxylation is 1. The van der Waals surface area contributed by atoms with E-state index < -0.39 is 5.91 Å². The van der Waals surface area contributed by atoms with Crippen LogP contribution in [-0.4, -0.2) is 25.0 Å². The van der Waals surface area contributed by atoms with E-state index in [-0.39, 0.29) is 24.0 Å². The minimum Gasteiger partial charge on any atom is -0.366 e. The number of carbonyl (C=O) groups excluding carboxylic acids is 1. The van der Waals surface area contributed by atoms with Gasteiger partial charge in [-0.15, -0.1) is 24.0 Å². The smallest absolute Gasteiger partial charge is 0.248 e. The minimum absolute atomic E-state index is 0. The van der Waals surface area contributed by atoms with Gasteiger partial charge in [-0.2, -0.15) is 0 Å². The number of hydrogen-bond acceptors (Lipinski definition) is 2. The van der Waals surface area contributed by atoms with Crippen molar-refractivity contribution in [1.82, 2.24) is 10.6 Å². The van der Waals surface area contributed by atoms with Gasteiger partial charge in [0.05, 0.1) is 6.54 Å². The largest absolute Gasteiger partial charge is 0.366 e. The molecule has 2 aromatic rings. The van der Waals surface area contributed by atoms with Crippen LogP contribution in [0, 0.1) is 0 Å². The molecule has 4 N–H and O–H groups in total. The van der Waals surface area contributed by atoms with Crippen LogP contribution in [0.15, 0.2) is 47.5 Å². The molecule has 5 nitrogen and oxygen atoms in total. The van der Waals surface area contributed by atoms with E-state index in [1.807, 2.05) is 31.2 Å². The molecule has 0 bridgehead atoms. The zero-order valence-electron chi connectivity index (χ0n) is 15.7. The summed E-state index contributed by atoms with van der Waals surface area (Å²) in [5, 5.41) is 7.88. The number of nitrogens with zero attached hydrogens (tertiary/aromatic N) is 1. The second-order valence-electron chi connectivity index (χ2n) is 6.02. The minimum atomic E-state index is -0.430. The van der Waals surface area contributed by atoms with E-state index in [1.54, 1.807) is 18.2 Å². The van der Waals surface area contributed by atoms with Gasteiger partial charge in [0.2, 0.25) is 5.91 Å². The molecule has 2 aromatic carbocycles. The number of hydrogen-bond donors (Lipinski definition) is 3. The normalized spacial score (nSPS) is 10.9. The van der Waals surface area contributed by atoms with Crippen LogP contribution in [0.1, 0.15) is 34.8 Å². The highest BCUT2D eigenvalue weighted by atomic mass is 127. The van der Waals surface area contributed by atoms with Gasteiger partial charge in [0, 0.05) is 28.7 Å². The first-order valence-corrected chi connectivity index (χ1v) is 9.60. The number of halogens is 3. The Balaban J connectivity index is 0.00000392. The maximum absolute atomic E-state index is 11.1. The van der Waals surface area contributed by atoms with Crippen LogP contribution in [0.5, 0.6) is 0 Å². The fourth-order valence-electron chi connectivity index (χ4n) is 2.50. The molecule has 8 heteroatoms. The summed E-state index contributed by atoms with van der Waals surface area (Å²) < 4.78 is 0. The SMILES string of the molecule is CCNC(=NCc1ccc(C(N)=O)cc1)NCCCc1ccc(Cl)cc1Cl.I. The average Bonchev–Trinajstić information content (AvgIpc) is 2.64. The van der Waals surface area contributed by atoms with Crippen molar-refractivity contribution in [1.29, 1.82) is 0 Å². The van der Waals surface area contributed by atoms with Gasteiger partial charge in [0.15, 0.2) is 5.96 Å². The van der Waals surface area contributed by atoms with Gasteiger partial charge in [-0.3, -0.25) is 4.79 Å². The Morgan fingerprint density at radius 2 is 1.82 bits per heavy atom. The molecule has 0 fully saturated rings. The Kier molecular flexibility index (Phi) is 11.3. The Morgan fingerprint density at radius 1 is 1.11 bits per heavy atom. The first-order valence-electron chi connectivity index (χ1n) is 8.84. The highest BCUT2D eigenvalue weighted by Gasteiger charge is 2.03. The van der Waals surface area contributed by atoms with E-state index in [9.17, 15) is 4.79 Å².